The Balaban J connectivity index is 0.705. The van der Waals surface area contributed by atoms with Gasteiger partial charge in [-0.1, -0.05) is 0 Å². The average Bonchev–Trinajstić information content (AvgIpc) is 4.11. The summed E-state index contributed by atoms with van der Waals surface area (Å²) < 4.78 is 25.6. The molecule has 17 heteroatoms. The van der Waals surface area contributed by atoms with E-state index in [1.54, 1.807) is 48.5 Å². The van der Waals surface area contributed by atoms with E-state index in [0.717, 1.165) is 53.8 Å². The molecule has 10 rings (SSSR count). The Morgan fingerprint density at radius 2 is 1.49 bits per heavy atom. The quantitative estimate of drug-likeness (QED) is 0.0951. The van der Waals surface area contributed by atoms with Gasteiger partial charge in [-0.2, -0.15) is 0 Å². The monoisotopic (exact) mass is 922 g/mol. The first-order chi connectivity index (χ1) is 32.9. The van der Waals surface area contributed by atoms with Crippen LogP contribution >= 0.6 is 0 Å². The highest BCUT2D eigenvalue weighted by Gasteiger charge is 2.56. The minimum absolute atomic E-state index is 0.164. The van der Waals surface area contributed by atoms with Gasteiger partial charge in [0.15, 0.2) is 0 Å². The van der Waals surface area contributed by atoms with Crippen LogP contribution in [-0.4, -0.2) is 103 Å². The molecule has 0 spiro atoms. The van der Waals surface area contributed by atoms with Crippen LogP contribution in [0.15, 0.2) is 91.1 Å². The Hall–Kier alpha value is -7.56. The van der Waals surface area contributed by atoms with Gasteiger partial charge in [0, 0.05) is 92.9 Å². The number of aromatic nitrogens is 1. The molecule has 350 valence electrons. The van der Waals surface area contributed by atoms with E-state index in [-0.39, 0.29) is 30.1 Å². The highest BCUT2D eigenvalue weighted by atomic mass is 19.1. The zero-order valence-corrected chi connectivity index (χ0v) is 37.6. The van der Waals surface area contributed by atoms with Crippen LogP contribution in [0.25, 0.3) is 10.9 Å². The summed E-state index contributed by atoms with van der Waals surface area (Å²) in [6.45, 7) is 4.40. The number of imide groups is 1. The Morgan fingerprint density at radius 3 is 2.15 bits per heavy atom. The van der Waals surface area contributed by atoms with E-state index in [1.807, 2.05) is 35.2 Å². The number of piperidine rings is 2. The molecule has 5 aromatic rings. The lowest BCUT2D eigenvalue weighted by Crippen LogP contribution is -2.52. The van der Waals surface area contributed by atoms with Crippen LogP contribution in [0.1, 0.15) is 60.9 Å². The molecule has 4 fully saturated rings. The summed E-state index contributed by atoms with van der Waals surface area (Å²) in [7, 11) is 1.64. The van der Waals surface area contributed by atoms with Crippen LogP contribution in [0, 0.1) is 17.2 Å². The van der Waals surface area contributed by atoms with Gasteiger partial charge < -0.3 is 39.7 Å². The number of anilines is 4. The molecule has 6 amide bonds. The minimum atomic E-state index is -1.18. The predicted octanol–water partition coefficient (Wildman–Crippen LogP) is 6.25. The molecule has 5 heterocycles. The summed E-state index contributed by atoms with van der Waals surface area (Å²) in [6, 6.07) is 23.2. The van der Waals surface area contributed by atoms with Crippen molar-refractivity contribution in [2.24, 2.45) is 11.3 Å². The Labute approximate surface area is 391 Å². The molecule has 1 aliphatic carbocycles. The summed E-state index contributed by atoms with van der Waals surface area (Å²) in [5.41, 5.74) is 3.83. The standard InChI is InChI=1S/C51H51FN8O8/c1-67-44-28-39-40(53-19-14-43(39)68-37-9-6-35(7-10-37)55-50(66)51(17-18-51)49(65)54-34-4-2-33(52)3-5-34)29-42(44)58-20-15-31(16-21-58)26-46(62)59-24-22-57(23-25-59)36-8-11-38-32(27-36)30-60(48(38)64)41-12-13-45(61)56-47(41)63/h2-11,14,19,27-29,31,41H,12-13,15-18,20-26,30H2,1H3,(H,54,65)(H,55,66)(H,56,61,63). The topological polar surface area (TPSA) is 183 Å². The SMILES string of the molecule is COc1cc2c(Oc3ccc(NC(=O)C4(C(=O)Nc5ccc(F)cc5)CC4)cc3)ccnc2cc1N1CCC(CC(=O)N2CCN(c3ccc4c(c3)CN(C3CCC(=O)NC3=O)C4=O)CC2)CC1. The number of methoxy groups -OCH3 is 1. The molecule has 0 radical (unpaired) electrons. The minimum Gasteiger partial charge on any atom is -0.495 e. The van der Waals surface area contributed by atoms with Crippen LogP contribution in [0.5, 0.6) is 17.2 Å². The van der Waals surface area contributed by atoms with Crippen molar-refractivity contribution in [3.63, 3.8) is 0 Å². The fourth-order valence-electron chi connectivity index (χ4n) is 9.81. The van der Waals surface area contributed by atoms with E-state index in [1.165, 1.54) is 24.3 Å². The number of rotatable bonds is 12. The van der Waals surface area contributed by atoms with Gasteiger partial charge in [0.25, 0.3) is 5.91 Å². The Kier molecular flexibility index (Phi) is 11.9. The second-order valence-corrected chi connectivity index (χ2v) is 18.2. The van der Waals surface area contributed by atoms with Crippen molar-refractivity contribution in [2.45, 2.75) is 57.5 Å². The number of halogens is 1. The summed E-state index contributed by atoms with van der Waals surface area (Å²) in [6.07, 6.45) is 5.26. The summed E-state index contributed by atoms with van der Waals surface area (Å²) in [5, 5.41) is 8.69. The third-order valence-electron chi connectivity index (χ3n) is 14.0. The first kappa shape index (κ1) is 44.3. The highest BCUT2D eigenvalue weighted by molar-refractivity contribution is 6.17. The van der Waals surface area contributed by atoms with Crippen LogP contribution < -0.4 is 35.2 Å². The molecule has 1 unspecified atom stereocenters. The largest absolute Gasteiger partial charge is 0.495 e. The normalized spacial score (nSPS) is 19.1. The number of fused-ring (bicyclic) bond motifs is 2. The lowest BCUT2D eigenvalue weighted by Gasteiger charge is -2.38. The van der Waals surface area contributed by atoms with Gasteiger partial charge in [-0.25, -0.2) is 4.39 Å². The first-order valence-electron chi connectivity index (χ1n) is 23.1. The Morgan fingerprint density at radius 1 is 0.794 bits per heavy atom. The molecule has 5 aliphatic rings. The highest BCUT2D eigenvalue weighted by Crippen LogP contribution is 2.48. The number of benzene rings is 4. The Bertz CT molecular complexity index is 2820. The number of carbonyl (C=O) groups excluding carboxylic acids is 6. The van der Waals surface area contributed by atoms with E-state index >= 15 is 0 Å². The van der Waals surface area contributed by atoms with Crippen LogP contribution in [0.2, 0.25) is 0 Å². The van der Waals surface area contributed by atoms with Gasteiger partial charge >= 0.3 is 0 Å². The van der Waals surface area contributed by atoms with E-state index in [2.05, 4.69) is 30.7 Å². The number of carbonyl (C=O) groups is 6. The van der Waals surface area contributed by atoms with E-state index in [9.17, 15) is 33.2 Å². The number of pyridine rings is 1. The fraction of sp³-hybridized carbons (Fsp3) is 0.353. The summed E-state index contributed by atoms with van der Waals surface area (Å²) in [5.74, 6) is 0.0337. The molecule has 0 bridgehead atoms. The molecule has 1 saturated carbocycles. The zero-order chi connectivity index (χ0) is 47.1. The number of hydrogen-bond donors (Lipinski definition) is 3. The smallest absolute Gasteiger partial charge is 0.255 e. The zero-order valence-electron chi connectivity index (χ0n) is 37.6. The molecule has 3 N–H and O–H groups in total. The van der Waals surface area contributed by atoms with Crippen molar-refractivity contribution in [3.05, 3.63) is 108 Å². The van der Waals surface area contributed by atoms with Gasteiger partial charge in [-0.05, 0) is 129 Å². The van der Waals surface area contributed by atoms with Gasteiger partial charge in [-0.3, -0.25) is 39.1 Å². The molecule has 1 aromatic heterocycles. The van der Waals surface area contributed by atoms with Crippen molar-refractivity contribution < 1.29 is 42.6 Å². The van der Waals surface area contributed by atoms with Gasteiger partial charge in [0.05, 0.1) is 18.3 Å². The molecular formula is C51H51FN8O8. The lowest BCUT2D eigenvalue weighted by atomic mass is 9.92. The molecular weight excluding hydrogens is 872 g/mol. The molecule has 4 aromatic carbocycles. The average molecular weight is 923 g/mol. The molecule has 68 heavy (non-hydrogen) atoms. The van der Waals surface area contributed by atoms with Gasteiger partial charge in [0.1, 0.15) is 34.5 Å². The second kappa shape index (κ2) is 18.3. The second-order valence-electron chi connectivity index (χ2n) is 18.2. The van der Waals surface area contributed by atoms with E-state index in [0.29, 0.717) is 92.6 Å². The number of nitrogens with zero attached hydrogens (tertiary/aromatic N) is 5. The van der Waals surface area contributed by atoms with Crippen LogP contribution in [0.4, 0.5) is 27.1 Å². The number of ether oxygens (including phenoxy) is 2. The van der Waals surface area contributed by atoms with E-state index < -0.39 is 35.0 Å². The fourth-order valence-corrected chi connectivity index (χ4v) is 9.81. The van der Waals surface area contributed by atoms with E-state index in [4.69, 9.17) is 9.47 Å². The maximum atomic E-state index is 13.6. The van der Waals surface area contributed by atoms with Crippen molar-refractivity contribution in [1.29, 1.82) is 0 Å². The molecule has 4 aliphatic heterocycles. The van der Waals surface area contributed by atoms with Crippen molar-refractivity contribution in [1.82, 2.24) is 20.1 Å². The lowest BCUT2D eigenvalue weighted by molar-refractivity contribution is -0.137. The van der Waals surface area contributed by atoms with Gasteiger partial charge in [-0.15, -0.1) is 0 Å². The van der Waals surface area contributed by atoms with Crippen molar-refractivity contribution in [2.75, 3.05) is 66.8 Å². The molecule has 3 saturated heterocycles. The predicted molar refractivity (Wildman–Crippen MR) is 251 cm³/mol. The van der Waals surface area contributed by atoms with Crippen molar-refractivity contribution >= 4 is 69.1 Å². The number of nitrogens with one attached hydrogen (secondary N) is 3. The summed E-state index contributed by atoms with van der Waals surface area (Å²) >= 11 is 0. The number of hydrogen-bond acceptors (Lipinski definition) is 11. The molecule has 16 nitrogen and oxygen atoms in total. The molecule has 1 atom stereocenters. The third-order valence-corrected chi connectivity index (χ3v) is 14.0. The maximum Gasteiger partial charge on any atom is 0.255 e. The number of piperazine rings is 1. The first-order valence-corrected chi connectivity index (χ1v) is 23.1. The number of amides is 6. The van der Waals surface area contributed by atoms with Crippen LogP contribution in [0.3, 0.4) is 0 Å². The van der Waals surface area contributed by atoms with Crippen molar-refractivity contribution in [3.8, 4) is 17.2 Å². The summed E-state index contributed by atoms with van der Waals surface area (Å²) in [4.78, 5) is 89.8. The van der Waals surface area contributed by atoms with Crippen LogP contribution in [-0.2, 0) is 30.5 Å². The third kappa shape index (κ3) is 8.87. The maximum absolute atomic E-state index is 13.6. The van der Waals surface area contributed by atoms with Gasteiger partial charge in [0.2, 0.25) is 29.5 Å².